The molecule has 0 bridgehead atoms. The highest BCUT2D eigenvalue weighted by Crippen LogP contribution is 2.39. The summed E-state index contributed by atoms with van der Waals surface area (Å²) in [6.07, 6.45) is 4.20. The number of amides is 1. The average molecular weight is 341 g/mol. The van der Waals surface area contributed by atoms with Gasteiger partial charge in [-0.15, -0.1) is 0 Å². The number of hydrogen-bond donors (Lipinski definition) is 1. The Hall–Kier alpha value is -2.06. The van der Waals surface area contributed by atoms with Crippen LogP contribution in [0.5, 0.6) is 5.75 Å². The fraction of sp³-hybridized carbons (Fsp3) is 0.600. The molecule has 1 amide bonds. The second-order valence-corrected chi connectivity index (χ2v) is 7.27. The predicted octanol–water partition coefficient (Wildman–Crippen LogP) is 3.03. The van der Waals surface area contributed by atoms with Crippen LogP contribution in [0.1, 0.15) is 51.1 Å². The molecule has 1 heterocycles. The fourth-order valence-corrected chi connectivity index (χ4v) is 3.74. The maximum atomic E-state index is 12.5. The third kappa shape index (κ3) is 4.13. The van der Waals surface area contributed by atoms with Gasteiger partial charge in [0, 0.05) is 6.04 Å². The van der Waals surface area contributed by atoms with Gasteiger partial charge in [-0.2, -0.15) is 5.26 Å². The molecule has 1 aliphatic heterocycles. The van der Waals surface area contributed by atoms with Gasteiger partial charge in [0.05, 0.1) is 19.2 Å². The minimum absolute atomic E-state index is 0.0474. The van der Waals surface area contributed by atoms with E-state index in [1.54, 1.807) is 0 Å². The lowest BCUT2D eigenvalue weighted by molar-refractivity contribution is -0.123. The molecule has 1 aromatic rings. The molecule has 2 aliphatic rings. The zero-order valence-corrected chi connectivity index (χ0v) is 15.1. The first kappa shape index (κ1) is 17.8. The summed E-state index contributed by atoms with van der Waals surface area (Å²) in [5.74, 6) is 1.14. The van der Waals surface area contributed by atoms with Gasteiger partial charge in [-0.25, -0.2) is 0 Å². The summed E-state index contributed by atoms with van der Waals surface area (Å²) in [5, 5.41) is 12.4. The molecule has 2 atom stereocenters. The molecule has 1 saturated heterocycles. The van der Waals surface area contributed by atoms with E-state index < -0.39 is 5.54 Å². The quantitative estimate of drug-likeness (QED) is 0.828. The lowest BCUT2D eigenvalue weighted by Gasteiger charge is -2.28. The van der Waals surface area contributed by atoms with E-state index in [2.05, 4.69) is 28.4 Å². The zero-order chi connectivity index (χ0) is 17.9. The molecule has 1 aliphatic carbocycles. The van der Waals surface area contributed by atoms with Crippen LogP contribution in [0.3, 0.4) is 0 Å². The fourth-order valence-electron chi connectivity index (χ4n) is 3.74. The Bertz CT molecular complexity index is 648. The Morgan fingerprint density at radius 2 is 2.08 bits per heavy atom. The van der Waals surface area contributed by atoms with Crippen LogP contribution in [-0.4, -0.2) is 36.0 Å². The maximum Gasteiger partial charge on any atom is 0.235 e. The largest absolute Gasteiger partial charge is 0.494 e. The van der Waals surface area contributed by atoms with Crippen molar-refractivity contribution in [1.29, 1.82) is 5.26 Å². The lowest BCUT2D eigenvalue weighted by Crippen LogP contribution is -2.50. The molecular formula is C20H27N3O2. The average Bonchev–Trinajstić information content (AvgIpc) is 3.37. The lowest BCUT2D eigenvalue weighted by atomic mass is 9.98. The van der Waals surface area contributed by atoms with Gasteiger partial charge in [0.25, 0.3) is 0 Å². The normalized spacial score (nSPS) is 22.8. The topological polar surface area (TPSA) is 65.4 Å². The smallest absolute Gasteiger partial charge is 0.235 e. The van der Waals surface area contributed by atoms with E-state index in [9.17, 15) is 10.1 Å². The van der Waals surface area contributed by atoms with Gasteiger partial charge in [-0.05, 0) is 69.7 Å². The summed E-state index contributed by atoms with van der Waals surface area (Å²) in [7, 11) is 0. The molecule has 0 radical (unpaired) electrons. The Labute approximate surface area is 150 Å². The minimum Gasteiger partial charge on any atom is -0.494 e. The number of carbonyl (C=O) groups is 1. The van der Waals surface area contributed by atoms with Crippen molar-refractivity contribution >= 4 is 5.91 Å². The predicted molar refractivity (Wildman–Crippen MR) is 96.0 cm³/mol. The molecule has 0 spiro atoms. The molecule has 0 aromatic heterocycles. The van der Waals surface area contributed by atoms with Crippen LogP contribution in [0.25, 0.3) is 0 Å². The van der Waals surface area contributed by atoms with Gasteiger partial charge in [0.2, 0.25) is 5.91 Å². The maximum absolute atomic E-state index is 12.5. The van der Waals surface area contributed by atoms with Gasteiger partial charge < -0.3 is 10.1 Å². The highest BCUT2D eigenvalue weighted by Gasteiger charge is 2.43. The third-order valence-electron chi connectivity index (χ3n) is 5.31. The number of nitrogens with zero attached hydrogens (tertiary/aromatic N) is 2. The van der Waals surface area contributed by atoms with Crippen LogP contribution in [0.4, 0.5) is 0 Å². The van der Waals surface area contributed by atoms with Crippen molar-refractivity contribution in [2.24, 2.45) is 5.92 Å². The van der Waals surface area contributed by atoms with Crippen molar-refractivity contribution in [2.45, 2.75) is 51.1 Å². The highest BCUT2D eigenvalue weighted by atomic mass is 16.5. The summed E-state index contributed by atoms with van der Waals surface area (Å²) in [6, 6.07) is 10.7. The van der Waals surface area contributed by atoms with Crippen molar-refractivity contribution in [3.63, 3.8) is 0 Å². The number of rotatable bonds is 7. The minimum atomic E-state index is -0.717. The second kappa shape index (κ2) is 7.45. The van der Waals surface area contributed by atoms with Crippen LogP contribution in [0.15, 0.2) is 24.3 Å². The van der Waals surface area contributed by atoms with Gasteiger partial charge in [0.1, 0.15) is 11.3 Å². The SMILES string of the molecule is CCOc1ccc(C2CCCN2CC(=O)NC(C)(C#N)C2CC2)cc1. The van der Waals surface area contributed by atoms with Crippen LogP contribution in [-0.2, 0) is 4.79 Å². The van der Waals surface area contributed by atoms with Crippen LogP contribution < -0.4 is 10.1 Å². The summed E-state index contributed by atoms with van der Waals surface area (Å²) in [4.78, 5) is 14.7. The van der Waals surface area contributed by atoms with E-state index in [1.807, 2.05) is 26.0 Å². The van der Waals surface area contributed by atoms with Crippen molar-refractivity contribution in [1.82, 2.24) is 10.2 Å². The van der Waals surface area contributed by atoms with Crippen molar-refractivity contribution in [3.8, 4) is 11.8 Å². The Morgan fingerprint density at radius 1 is 1.36 bits per heavy atom. The molecule has 2 unspecified atom stereocenters. The summed E-state index contributed by atoms with van der Waals surface area (Å²) >= 11 is 0. The molecule has 5 nitrogen and oxygen atoms in total. The summed E-state index contributed by atoms with van der Waals surface area (Å²) in [6.45, 7) is 5.74. The Kier molecular flexibility index (Phi) is 5.29. The third-order valence-corrected chi connectivity index (χ3v) is 5.31. The number of benzene rings is 1. The standard InChI is InChI=1S/C20H27N3O2/c1-3-25-17-10-6-15(7-11-17)18-5-4-12-23(18)13-19(24)22-20(2,14-21)16-8-9-16/h6-7,10-11,16,18H,3-5,8-9,12-13H2,1-2H3,(H,22,24). The van der Waals surface area contributed by atoms with Crippen LogP contribution in [0.2, 0.25) is 0 Å². The van der Waals surface area contributed by atoms with E-state index >= 15 is 0 Å². The van der Waals surface area contributed by atoms with Crippen molar-refractivity contribution in [3.05, 3.63) is 29.8 Å². The second-order valence-electron chi connectivity index (χ2n) is 7.27. The first-order valence-corrected chi connectivity index (χ1v) is 9.25. The molecular weight excluding hydrogens is 314 g/mol. The van der Waals surface area contributed by atoms with E-state index in [0.717, 1.165) is 38.0 Å². The van der Waals surface area contributed by atoms with Gasteiger partial charge in [-0.3, -0.25) is 9.69 Å². The van der Waals surface area contributed by atoms with E-state index in [-0.39, 0.29) is 11.9 Å². The zero-order valence-electron chi connectivity index (χ0n) is 15.1. The summed E-state index contributed by atoms with van der Waals surface area (Å²) < 4.78 is 5.50. The van der Waals surface area contributed by atoms with Gasteiger partial charge >= 0.3 is 0 Å². The molecule has 1 N–H and O–H groups in total. The molecule has 2 fully saturated rings. The van der Waals surface area contributed by atoms with E-state index in [0.29, 0.717) is 19.1 Å². The number of nitriles is 1. The Morgan fingerprint density at radius 3 is 2.68 bits per heavy atom. The number of hydrogen-bond acceptors (Lipinski definition) is 4. The number of nitrogens with one attached hydrogen (secondary N) is 1. The number of ether oxygens (including phenoxy) is 1. The number of likely N-dealkylation sites (tertiary alicyclic amines) is 1. The monoisotopic (exact) mass is 341 g/mol. The van der Waals surface area contributed by atoms with Gasteiger partial charge in [-0.1, -0.05) is 12.1 Å². The summed E-state index contributed by atoms with van der Waals surface area (Å²) in [5.41, 5.74) is 0.504. The first-order chi connectivity index (χ1) is 12.1. The molecule has 5 heteroatoms. The first-order valence-electron chi connectivity index (χ1n) is 9.25. The van der Waals surface area contributed by atoms with Crippen LogP contribution >= 0.6 is 0 Å². The van der Waals surface area contributed by atoms with Gasteiger partial charge in [0.15, 0.2) is 0 Å². The van der Waals surface area contributed by atoms with Crippen molar-refractivity contribution < 1.29 is 9.53 Å². The molecule has 1 aromatic carbocycles. The van der Waals surface area contributed by atoms with Crippen LogP contribution in [0, 0.1) is 17.2 Å². The van der Waals surface area contributed by atoms with E-state index in [4.69, 9.17) is 4.74 Å². The molecule has 1 saturated carbocycles. The molecule has 134 valence electrons. The molecule has 25 heavy (non-hydrogen) atoms. The Balaban J connectivity index is 1.61. The highest BCUT2D eigenvalue weighted by molar-refractivity contribution is 5.79. The van der Waals surface area contributed by atoms with E-state index in [1.165, 1.54) is 5.56 Å². The number of carbonyl (C=O) groups excluding carboxylic acids is 1. The molecule has 3 rings (SSSR count). The van der Waals surface area contributed by atoms with Crippen molar-refractivity contribution in [2.75, 3.05) is 19.7 Å².